The number of nitrogens with two attached hydrogens (primary N) is 1. The van der Waals surface area contributed by atoms with Crippen LogP contribution in [-0.2, 0) is 0 Å². The van der Waals surface area contributed by atoms with Crippen molar-refractivity contribution in [3.05, 3.63) is 11.9 Å². The van der Waals surface area contributed by atoms with Crippen LogP contribution in [0.25, 0.3) is 0 Å². The first-order chi connectivity index (χ1) is 9.22. The fourth-order valence-corrected chi connectivity index (χ4v) is 2.76. The predicted octanol–water partition coefficient (Wildman–Crippen LogP) is 2.11. The summed E-state index contributed by atoms with van der Waals surface area (Å²) in [5.74, 6) is 2.82. The monoisotopic (exact) mass is 264 g/mol. The third kappa shape index (κ3) is 3.80. The number of ether oxygens (including phenoxy) is 1. The number of nitrogens with one attached hydrogen (secondary N) is 1. The quantitative estimate of drug-likeness (QED) is 0.823. The van der Waals surface area contributed by atoms with E-state index in [1.54, 1.807) is 0 Å². The van der Waals surface area contributed by atoms with E-state index in [0.29, 0.717) is 31.0 Å². The van der Waals surface area contributed by atoms with E-state index in [4.69, 9.17) is 10.5 Å². The molecule has 19 heavy (non-hydrogen) atoms. The molecule has 1 aromatic heterocycles. The van der Waals surface area contributed by atoms with Gasteiger partial charge in [0.15, 0.2) is 0 Å². The lowest BCUT2D eigenvalue weighted by Gasteiger charge is -2.23. The fraction of sp³-hybridized carbons (Fsp3) is 0.714. The smallest absolute Gasteiger partial charge is 0.218 e. The van der Waals surface area contributed by atoms with Gasteiger partial charge in [0.05, 0.1) is 6.61 Å². The van der Waals surface area contributed by atoms with E-state index in [9.17, 15) is 0 Å². The number of nitrogens with zero attached hydrogens (tertiary/aromatic N) is 2. The number of anilines is 1. The fourth-order valence-electron chi connectivity index (χ4n) is 2.76. The van der Waals surface area contributed by atoms with Crippen molar-refractivity contribution >= 4 is 5.82 Å². The van der Waals surface area contributed by atoms with Crippen molar-refractivity contribution in [1.29, 1.82) is 0 Å². The predicted molar refractivity (Wildman–Crippen MR) is 76.4 cm³/mol. The second-order valence-electron chi connectivity index (χ2n) is 5.10. The minimum Gasteiger partial charge on any atom is -0.478 e. The first-order valence-electron chi connectivity index (χ1n) is 7.18. The second kappa shape index (κ2) is 6.70. The second-order valence-corrected chi connectivity index (χ2v) is 5.10. The molecule has 1 fully saturated rings. The zero-order valence-corrected chi connectivity index (χ0v) is 11.9. The summed E-state index contributed by atoms with van der Waals surface area (Å²) in [6, 6.07) is 2.15. The van der Waals surface area contributed by atoms with Crippen molar-refractivity contribution in [2.24, 2.45) is 11.7 Å². The molecule has 0 radical (unpaired) electrons. The Morgan fingerprint density at radius 1 is 1.42 bits per heavy atom. The standard InChI is InChI=1S/C14H24N4O/c1-3-19-14-8-13(16-10(2)17-14)18-12(9-15)11-6-4-5-7-11/h8,11-12H,3-7,9,15H2,1-2H3,(H,16,17,18). The number of hydrogen-bond acceptors (Lipinski definition) is 5. The average Bonchev–Trinajstić information content (AvgIpc) is 2.89. The van der Waals surface area contributed by atoms with E-state index in [-0.39, 0.29) is 0 Å². The molecule has 1 aliphatic carbocycles. The average molecular weight is 264 g/mol. The van der Waals surface area contributed by atoms with Gasteiger partial charge in [0, 0.05) is 18.7 Å². The Balaban J connectivity index is 2.07. The Hall–Kier alpha value is -1.36. The molecule has 2 rings (SSSR count). The van der Waals surface area contributed by atoms with Gasteiger partial charge in [-0.05, 0) is 32.6 Å². The Labute approximate surface area is 115 Å². The first kappa shape index (κ1) is 14.1. The van der Waals surface area contributed by atoms with Gasteiger partial charge in [-0.2, -0.15) is 4.98 Å². The maximum atomic E-state index is 5.90. The third-order valence-electron chi connectivity index (χ3n) is 3.66. The molecule has 0 spiro atoms. The van der Waals surface area contributed by atoms with Gasteiger partial charge in [-0.3, -0.25) is 0 Å². The molecule has 1 aromatic rings. The summed E-state index contributed by atoms with van der Waals surface area (Å²) in [5.41, 5.74) is 5.90. The first-order valence-corrected chi connectivity index (χ1v) is 7.18. The molecule has 0 aliphatic heterocycles. The van der Waals surface area contributed by atoms with Gasteiger partial charge in [0.1, 0.15) is 11.6 Å². The minimum absolute atomic E-state index is 0.297. The molecule has 1 unspecified atom stereocenters. The van der Waals surface area contributed by atoms with Crippen LogP contribution in [0, 0.1) is 12.8 Å². The van der Waals surface area contributed by atoms with E-state index < -0.39 is 0 Å². The van der Waals surface area contributed by atoms with Crippen LogP contribution in [0.2, 0.25) is 0 Å². The van der Waals surface area contributed by atoms with Crippen LogP contribution in [0.4, 0.5) is 5.82 Å². The minimum atomic E-state index is 0.297. The highest BCUT2D eigenvalue weighted by Crippen LogP contribution is 2.29. The van der Waals surface area contributed by atoms with Crippen molar-refractivity contribution in [2.45, 2.75) is 45.6 Å². The Kier molecular flexibility index (Phi) is 4.96. The van der Waals surface area contributed by atoms with Crippen molar-refractivity contribution < 1.29 is 4.74 Å². The van der Waals surface area contributed by atoms with E-state index in [2.05, 4.69) is 15.3 Å². The zero-order chi connectivity index (χ0) is 13.7. The highest BCUT2D eigenvalue weighted by molar-refractivity contribution is 5.39. The molecule has 5 heteroatoms. The number of rotatable bonds is 6. The third-order valence-corrected chi connectivity index (χ3v) is 3.66. The van der Waals surface area contributed by atoms with Gasteiger partial charge < -0.3 is 15.8 Å². The Morgan fingerprint density at radius 2 is 2.16 bits per heavy atom. The van der Waals surface area contributed by atoms with Crippen LogP contribution >= 0.6 is 0 Å². The van der Waals surface area contributed by atoms with E-state index >= 15 is 0 Å². The van der Waals surface area contributed by atoms with Gasteiger partial charge in [-0.25, -0.2) is 4.98 Å². The number of hydrogen-bond donors (Lipinski definition) is 2. The summed E-state index contributed by atoms with van der Waals surface area (Å²) in [6.07, 6.45) is 5.15. The molecule has 0 amide bonds. The molecule has 106 valence electrons. The molecular formula is C14H24N4O. The zero-order valence-electron chi connectivity index (χ0n) is 11.9. The van der Waals surface area contributed by atoms with Crippen LogP contribution in [-0.4, -0.2) is 29.2 Å². The van der Waals surface area contributed by atoms with Crippen molar-refractivity contribution in [3.63, 3.8) is 0 Å². The molecule has 1 heterocycles. The largest absolute Gasteiger partial charge is 0.478 e. The summed E-state index contributed by atoms with van der Waals surface area (Å²) in [4.78, 5) is 8.67. The lowest BCUT2D eigenvalue weighted by Crippen LogP contribution is -2.35. The summed E-state index contributed by atoms with van der Waals surface area (Å²) in [7, 11) is 0. The van der Waals surface area contributed by atoms with Crippen LogP contribution in [0.3, 0.4) is 0 Å². The summed E-state index contributed by atoms with van der Waals surface area (Å²) in [6.45, 7) is 5.07. The molecule has 1 atom stereocenters. The summed E-state index contributed by atoms with van der Waals surface area (Å²) < 4.78 is 5.45. The highest BCUT2D eigenvalue weighted by atomic mass is 16.5. The lowest BCUT2D eigenvalue weighted by molar-refractivity contribution is 0.325. The van der Waals surface area contributed by atoms with E-state index in [0.717, 1.165) is 11.6 Å². The maximum absolute atomic E-state index is 5.90. The SMILES string of the molecule is CCOc1cc(NC(CN)C2CCCC2)nc(C)n1. The van der Waals surface area contributed by atoms with Crippen LogP contribution in [0.5, 0.6) is 5.88 Å². The van der Waals surface area contributed by atoms with Crippen LogP contribution in [0.15, 0.2) is 6.07 Å². The van der Waals surface area contributed by atoms with Crippen molar-refractivity contribution in [2.75, 3.05) is 18.5 Å². The molecule has 0 bridgehead atoms. The molecule has 1 saturated carbocycles. The Bertz CT molecular complexity index is 404. The number of aryl methyl sites for hydroxylation is 1. The summed E-state index contributed by atoms with van der Waals surface area (Å²) in [5, 5.41) is 3.45. The van der Waals surface area contributed by atoms with Gasteiger partial charge in [-0.1, -0.05) is 12.8 Å². The topological polar surface area (TPSA) is 73.1 Å². The van der Waals surface area contributed by atoms with Crippen molar-refractivity contribution in [1.82, 2.24) is 9.97 Å². The molecule has 0 aromatic carbocycles. The van der Waals surface area contributed by atoms with Gasteiger partial charge in [0.25, 0.3) is 0 Å². The molecule has 3 N–H and O–H groups in total. The maximum Gasteiger partial charge on any atom is 0.218 e. The van der Waals surface area contributed by atoms with Gasteiger partial charge in [0.2, 0.25) is 5.88 Å². The van der Waals surface area contributed by atoms with Gasteiger partial charge in [-0.15, -0.1) is 0 Å². The van der Waals surface area contributed by atoms with Crippen LogP contribution in [0.1, 0.15) is 38.4 Å². The highest BCUT2D eigenvalue weighted by Gasteiger charge is 2.24. The van der Waals surface area contributed by atoms with E-state index in [1.807, 2.05) is 19.9 Å². The van der Waals surface area contributed by atoms with E-state index in [1.165, 1.54) is 25.7 Å². The molecular weight excluding hydrogens is 240 g/mol. The van der Waals surface area contributed by atoms with Crippen LogP contribution < -0.4 is 15.8 Å². The Morgan fingerprint density at radius 3 is 2.79 bits per heavy atom. The molecule has 5 nitrogen and oxygen atoms in total. The number of aromatic nitrogens is 2. The summed E-state index contributed by atoms with van der Waals surface area (Å²) >= 11 is 0. The normalized spacial score (nSPS) is 17.4. The van der Waals surface area contributed by atoms with Gasteiger partial charge >= 0.3 is 0 Å². The molecule has 1 aliphatic rings. The lowest BCUT2D eigenvalue weighted by atomic mass is 9.98. The molecule has 0 saturated heterocycles. The van der Waals surface area contributed by atoms with Crippen molar-refractivity contribution in [3.8, 4) is 5.88 Å².